The summed E-state index contributed by atoms with van der Waals surface area (Å²) in [4.78, 5) is 6.83. The first kappa shape index (κ1) is 14.5. The molecule has 1 heterocycles. The molecular formula is C14H25N3O2. The van der Waals surface area contributed by atoms with Crippen LogP contribution in [-0.2, 0) is 13.0 Å². The summed E-state index contributed by atoms with van der Waals surface area (Å²) in [5, 5.41) is 13.0. The monoisotopic (exact) mass is 267 g/mol. The first-order valence-corrected chi connectivity index (χ1v) is 7.50. The molecule has 1 N–H and O–H groups in total. The average molecular weight is 267 g/mol. The molecule has 0 atom stereocenters. The first-order chi connectivity index (χ1) is 9.33. The van der Waals surface area contributed by atoms with Crippen LogP contribution in [-0.4, -0.2) is 39.3 Å². The lowest BCUT2D eigenvalue weighted by molar-refractivity contribution is 0.0969. The van der Waals surface area contributed by atoms with E-state index in [4.69, 9.17) is 9.63 Å². The van der Waals surface area contributed by atoms with Gasteiger partial charge in [-0.3, -0.25) is 4.90 Å². The Labute approximate surface area is 115 Å². The van der Waals surface area contributed by atoms with E-state index >= 15 is 0 Å². The lowest BCUT2D eigenvalue weighted by Gasteiger charge is -2.36. The van der Waals surface area contributed by atoms with Gasteiger partial charge in [0.2, 0.25) is 5.89 Å². The van der Waals surface area contributed by atoms with E-state index in [1.54, 1.807) is 0 Å². The van der Waals surface area contributed by atoms with E-state index in [-0.39, 0.29) is 6.61 Å². The number of aryl methyl sites for hydroxylation is 1. The Morgan fingerprint density at radius 1 is 1.37 bits per heavy atom. The molecule has 2 rings (SSSR count). The van der Waals surface area contributed by atoms with E-state index in [9.17, 15) is 0 Å². The number of aliphatic hydroxyl groups is 1. The van der Waals surface area contributed by atoms with Crippen LogP contribution in [0.5, 0.6) is 0 Å². The van der Waals surface area contributed by atoms with Gasteiger partial charge in [0.15, 0.2) is 5.82 Å². The van der Waals surface area contributed by atoms with Crippen LogP contribution in [0, 0.1) is 0 Å². The second-order valence-electron chi connectivity index (χ2n) is 5.34. The van der Waals surface area contributed by atoms with Gasteiger partial charge in [0.1, 0.15) is 0 Å². The molecule has 0 bridgehead atoms. The summed E-state index contributed by atoms with van der Waals surface area (Å²) in [6.45, 7) is 4.04. The molecule has 0 amide bonds. The van der Waals surface area contributed by atoms with Gasteiger partial charge >= 0.3 is 0 Å². The van der Waals surface area contributed by atoms with Crippen LogP contribution in [0.4, 0.5) is 0 Å². The molecule has 0 spiro atoms. The number of hydrogen-bond acceptors (Lipinski definition) is 5. The van der Waals surface area contributed by atoms with Gasteiger partial charge in [-0.25, -0.2) is 0 Å². The van der Waals surface area contributed by atoms with E-state index in [2.05, 4.69) is 22.0 Å². The van der Waals surface area contributed by atoms with Crippen LogP contribution in [0.3, 0.4) is 0 Å². The van der Waals surface area contributed by atoms with Crippen LogP contribution in [0.1, 0.15) is 57.2 Å². The van der Waals surface area contributed by atoms with Crippen LogP contribution in [0.2, 0.25) is 0 Å². The zero-order valence-electron chi connectivity index (χ0n) is 11.8. The Kier molecular flexibility index (Phi) is 5.79. The number of aliphatic hydroxyl groups excluding tert-OH is 1. The number of rotatable bonds is 9. The van der Waals surface area contributed by atoms with Crippen LogP contribution >= 0.6 is 0 Å². The molecule has 0 unspecified atom stereocenters. The van der Waals surface area contributed by atoms with Crippen molar-refractivity contribution in [3.63, 3.8) is 0 Å². The highest BCUT2D eigenvalue weighted by atomic mass is 16.5. The van der Waals surface area contributed by atoms with Gasteiger partial charge in [-0.15, -0.1) is 0 Å². The van der Waals surface area contributed by atoms with Crippen molar-refractivity contribution in [1.82, 2.24) is 15.0 Å². The molecule has 1 saturated carbocycles. The molecule has 1 aliphatic carbocycles. The third-order valence-electron chi connectivity index (χ3n) is 3.80. The minimum atomic E-state index is 0.245. The van der Waals surface area contributed by atoms with Crippen molar-refractivity contribution >= 4 is 0 Å². The molecule has 0 aromatic carbocycles. The first-order valence-electron chi connectivity index (χ1n) is 7.50. The smallest absolute Gasteiger partial charge is 0.240 e. The summed E-state index contributed by atoms with van der Waals surface area (Å²) in [7, 11) is 0. The van der Waals surface area contributed by atoms with Crippen LogP contribution in [0.25, 0.3) is 0 Å². The maximum absolute atomic E-state index is 8.98. The third kappa shape index (κ3) is 4.28. The van der Waals surface area contributed by atoms with Gasteiger partial charge in [0.05, 0.1) is 6.54 Å². The summed E-state index contributed by atoms with van der Waals surface area (Å²) in [6.07, 6.45) is 7.79. The van der Waals surface area contributed by atoms with Crippen molar-refractivity contribution in [2.24, 2.45) is 0 Å². The summed E-state index contributed by atoms with van der Waals surface area (Å²) in [5.74, 6) is 1.54. The van der Waals surface area contributed by atoms with E-state index in [1.165, 1.54) is 19.3 Å². The quantitative estimate of drug-likeness (QED) is 0.742. The normalized spacial score (nSPS) is 15.9. The zero-order chi connectivity index (χ0) is 13.5. The van der Waals surface area contributed by atoms with E-state index in [0.717, 1.165) is 50.5 Å². The van der Waals surface area contributed by atoms with Gasteiger partial charge in [-0.05, 0) is 25.7 Å². The second-order valence-corrected chi connectivity index (χ2v) is 5.34. The third-order valence-corrected chi connectivity index (χ3v) is 3.80. The lowest BCUT2D eigenvalue weighted by atomic mass is 9.91. The fourth-order valence-corrected chi connectivity index (χ4v) is 2.38. The Morgan fingerprint density at radius 3 is 2.84 bits per heavy atom. The summed E-state index contributed by atoms with van der Waals surface area (Å²) >= 11 is 0. The molecule has 5 heteroatoms. The highest BCUT2D eigenvalue weighted by molar-refractivity contribution is 4.89. The molecule has 1 aromatic rings. The largest absolute Gasteiger partial charge is 0.396 e. The number of hydrogen-bond donors (Lipinski definition) is 1. The topological polar surface area (TPSA) is 62.4 Å². The SMILES string of the molecule is CCCCc1noc(CN(CCCO)C2CCC2)n1. The molecule has 0 aliphatic heterocycles. The van der Waals surface area contributed by atoms with Crippen molar-refractivity contribution in [3.8, 4) is 0 Å². The van der Waals surface area contributed by atoms with Gasteiger partial charge in [-0.2, -0.15) is 4.98 Å². The predicted molar refractivity (Wildman–Crippen MR) is 72.7 cm³/mol. The van der Waals surface area contributed by atoms with Gasteiger partial charge in [-0.1, -0.05) is 24.9 Å². The minimum absolute atomic E-state index is 0.245. The molecule has 1 aromatic heterocycles. The van der Waals surface area contributed by atoms with Gasteiger partial charge in [0, 0.05) is 25.6 Å². The van der Waals surface area contributed by atoms with E-state index in [0.29, 0.717) is 6.04 Å². The average Bonchev–Trinajstić information content (AvgIpc) is 2.79. The van der Waals surface area contributed by atoms with Crippen LogP contribution in [0.15, 0.2) is 4.52 Å². The van der Waals surface area contributed by atoms with Gasteiger partial charge in [0.25, 0.3) is 0 Å². The van der Waals surface area contributed by atoms with Gasteiger partial charge < -0.3 is 9.63 Å². The molecular weight excluding hydrogens is 242 g/mol. The minimum Gasteiger partial charge on any atom is -0.396 e. The maximum atomic E-state index is 8.98. The Bertz CT molecular complexity index is 363. The van der Waals surface area contributed by atoms with E-state index < -0.39 is 0 Å². The molecule has 108 valence electrons. The van der Waals surface area contributed by atoms with Crippen molar-refractivity contribution in [3.05, 3.63) is 11.7 Å². The lowest BCUT2D eigenvalue weighted by Crippen LogP contribution is -2.40. The Morgan fingerprint density at radius 2 is 2.21 bits per heavy atom. The fourth-order valence-electron chi connectivity index (χ4n) is 2.38. The summed E-state index contributed by atoms with van der Waals surface area (Å²) in [6, 6.07) is 0.637. The van der Waals surface area contributed by atoms with E-state index in [1.807, 2.05) is 0 Å². The predicted octanol–water partition coefficient (Wildman–Crippen LogP) is 2.15. The highest BCUT2D eigenvalue weighted by Crippen LogP contribution is 2.26. The fraction of sp³-hybridized carbons (Fsp3) is 0.857. The summed E-state index contributed by atoms with van der Waals surface area (Å²) in [5.41, 5.74) is 0. The molecule has 19 heavy (non-hydrogen) atoms. The molecule has 1 fully saturated rings. The Hall–Kier alpha value is -0.940. The standard InChI is InChI=1S/C14H25N3O2/c1-2-3-8-13-15-14(19-16-13)11-17(9-5-10-18)12-6-4-7-12/h12,18H,2-11H2,1H3. The van der Waals surface area contributed by atoms with Crippen molar-refractivity contribution in [2.75, 3.05) is 13.2 Å². The molecule has 0 saturated heterocycles. The molecule has 1 aliphatic rings. The highest BCUT2D eigenvalue weighted by Gasteiger charge is 2.26. The molecule has 0 radical (unpaired) electrons. The zero-order valence-corrected chi connectivity index (χ0v) is 11.8. The second kappa shape index (κ2) is 7.60. The maximum Gasteiger partial charge on any atom is 0.240 e. The number of aromatic nitrogens is 2. The van der Waals surface area contributed by atoms with Crippen LogP contribution < -0.4 is 0 Å². The number of unbranched alkanes of at least 4 members (excludes halogenated alkanes) is 1. The van der Waals surface area contributed by atoms with Crippen molar-refractivity contribution < 1.29 is 9.63 Å². The Balaban J connectivity index is 1.86. The molecule has 5 nitrogen and oxygen atoms in total. The van der Waals surface area contributed by atoms with Crippen molar-refractivity contribution in [2.45, 2.75) is 64.5 Å². The number of nitrogens with zero attached hydrogens (tertiary/aromatic N) is 3. The summed E-state index contributed by atoms with van der Waals surface area (Å²) < 4.78 is 5.33. The van der Waals surface area contributed by atoms with Crippen molar-refractivity contribution in [1.29, 1.82) is 0 Å².